The van der Waals surface area contributed by atoms with E-state index in [0.29, 0.717) is 13.0 Å². The third-order valence-corrected chi connectivity index (χ3v) is 2.20. The molecule has 0 aliphatic carbocycles. The lowest BCUT2D eigenvalue weighted by molar-refractivity contribution is -0.140. The van der Waals surface area contributed by atoms with Crippen LogP contribution in [0.1, 0.15) is 47.0 Å². The fraction of sp³-hybridized carbons (Fsp3) is 0.833. The predicted octanol–water partition coefficient (Wildman–Crippen LogP) is 1.13. The maximum absolute atomic E-state index is 11.0. The first-order chi connectivity index (χ1) is 7.72. The van der Waals surface area contributed by atoms with Gasteiger partial charge in [0.2, 0.25) is 5.91 Å². The Morgan fingerprint density at radius 1 is 1.24 bits per heavy atom. The molecule has 0 radical (unpaired) electrons. The summed E-state index contributed by atoms with van der Waals surface area (Å²) in [5.74, 6) is -0.868. The van der Waals surface area contributed by atoms with Gasteiger partial charge in [0.1, 0.15) is 6.04 Å². The summed E-state index contributed by atoms with van der Waals surface area (Å²) in [5.41, 5.74) is -0.208. The van der Waals surface area contributed by atoms with E-state index in [-0.39, 0.29) is 11.4 Å². The van der Waals surface area contributed by atoms with Crippen LogP contribution in [0.3, 0.4) is 0 Å². The first-order valence-electron chi connectivity index (χ1n) is 5.97. The largest absolute Gasteiger partial charge is 0.480 e. The minimum absolute atomic E-state index is 0.0485. The average Bonchev–Trinajstić information content (AvgIpc) is 2.12. The monoisotopic (exact) mass is 244 g/mol. The summed E-state index contributed by atoms with van der Waals surface area (Å²) in [6.07, 6.45) is 2.15. The van der Waals surface area contributed by atoms with E-state index in [4.69, 9.17) is 5.11 Å². The third kappa shape index (κ3) is 9.81. The first-order valence-corrected chi connectivity index (χ1v) is 5.97. The van der Waals surface area contributed by atoms with Crippen LogP contribution < -0.4 is 10.6 Å². The number of aliphatic carboxylic acids is 1. The molecule has 0 aliphatic rings. The zero-order valence-corrected chi connectivity index (χ0v) is 11.2. The van der Waals surface area contributed by atoms with Crippen molar-refractivity contribution < 1.29 is 14.7 Å². The van der Waals surface area contributed by atoms with Crippen LogP contribution in [0.5, 0.6) is 0 Å². The second-order valence-corrected chi connectivity index (χ2v) is 5.26. The first kappa shape index (κ1) is 15.9. The van der Waals surface area contributed by atoms with Gasteiger partial charge in [-0.25, -0.2) is 0 Å². The molecule has 5 nitrogen and oxygen atoms in total. The van der Waals surface area contributed by atoms with E-state index in [1.165, 1.54) is 6.92 Å². The van der Waals surface area contributed by atoms with Gasteiger partial charge in [0.15, 0.2) is 0 Å². The molecule has 0 aromatic rings. The third-order valence-electron chi connectivity index (χ3n) is 2.20. The SMILES string of the molecule is CC(=O)NCCCC[C@@H](NC(C)(C)C)C(=O)O. The highest BCUT2D eigenvalue weighted by atomic mass is 16.4. The Kier molecular flexibility index (Phi) is 6.80. The molecule has 0 rings (SSSR count). The van der Waals surface area contributed by atoms with Crippen molar-refractivity contribution >= 4 is 11.9 Å². The van der Waals surface area contributed by atoms with Crippen molar-refractivity contribution in [1.82, 2.24) is 10.6 Å². The molecule has 0 fully saturated rings. The van der Waals surface area contributed by atoms with E-state index in [1.807, 2.05) is 20.8 Å². The number of carbonyl (C=O) groups excluding carboxylic acids is 1. The van der Waals surface area contributed by atoms with Gasteiger partial charge in [-0.05, 0) is 40.0 Å². The smallest absolute Gasteiger partial charge is 0.320 e. The highest BCUT2D eigenvalue weighted by molar-refractivity contribution is 5.73. The molecule has 0 spiro atoms. The van der Waals surface area contributed by atoms with Gasteiger partial charge < -0.3 is 10.4 Å². The molecule has 5 heteroatoms. The molecule has 0 aromatic heterocycles. The number of carbonyl (C=O) groups is 2. The van der Waals surface area contributed by atoms with Gasteiger partial charge in [0.05, 0.1) is 0 Å². The van der Waals surface area contributed by atoms with Crippen molar-refractivity contribution in [3.63, 3.8) is 0 Å². The van der Waals surface area contributed by atoms with Crippen LogP contribution in [-0.2, 0) is 9.59 Å². The molecule has 17 heavy (non-hydrogen) atoms. The number of carboxylic acids is 1. The van der Waals surface area contributed by atoms with E-state index in [1.54, 1.807) is 0 Å². The molecular weight excluding hydrogens is 220 g/mol. The number of rotatable bonds is 7. The van der Waals surface area contributed by atoms with Crippen LogP contribution in [0.25, 0.3) is 0 Å². The normalized spacial score (nSPS) is 13.2. The molecule has 1 atom stereocenters. The summed E-state index contributed by atoms with van der Waals surface area (Å²) >= 11 is 0. The number of hydrogen-bond acceptors (Lipinski definition) is 3. The van der Waals surface area contributed by atoms with Gasteiger partial charge >= 0.3 is 5.97 Å². The average molecular weight is 244 g/mol. The van der Waals surface area contributed by atoms with E-state index in [9.17, 15) is 9.59 Å². The lowest BCUT2D eigenvalue weighted by Gasteiger charge is -2.26. The van der Waals surface area contributed by atoms with Gasteiger partial charge in [-0.15, -0.1) is 0 Å². The van der Waals surface area contributed by atoms with Crippen LogP contribution >= 0.6 is 0 Å². The minimum atomic E-state index is -0.820. The van der Waals surface area contributed by atoms with E-state index < -0.39 is 12.0 Å². The molecule has 0 aromatic carbocycles. The van der Waals surface area contributed by atoms with Crippen LogP contribution in [0.15, 0.2) is 0 Å². The maximum Gasteiger partial charge on any atom is 0.320 e. The van der Waals surface area contributed by atoms with Crippen LogP contribution in [0.4, 0.5) is 0 Å². The van der Waals surface area contributed by atoms with Gasteiger partial charge in [-0.2, -0.15) is 0 Å². The van der Waals surface area contributed by atoms with E-state index in [0.717, 1.165) is 12.8 Å². The van der Waals surface area contributed by atoms with Gasteiger partial charge in [0, 0.05) is 19.0 Å². The Balaban J connectivity index is 3.87. The van der Waals surface area contributed by atoms with Gasteiger partial charge in [0.25, 0.3) is 0 Å². The molecular formula is C12H24N2O3. The zero-order chi connectivity index (χ0) is 13.5. The van der Waals surface area contributed by atoms with Crippen molar-refractivity contribution in [2.24, 2.45) is 0 Å². The number of hydrogen-bond donors (Lipinski definition) is 3. The highest BCUT2D eigenvalue weighted by Crippen LogP contribution is 2.07. The van der Waals surface area contributed by atoms with Crippen molar-refractivity contribution in [1.29, 1.82) is 0 Å². The Morgan fingerprint density at radius 2 is 1.82 bits per heavy atom. The van der Waals surface area contributed by atoms with Gasteiger partial charge in [-0.3, -0.25) is 14.9 Å². The summed E-state index contributed by atoms with van der Waals surface area (Å²) < 4.78 is 0. The van der Waals surface area contributed by atoms with Crippen LogP contribution in [-0.4, -0.2) is 35.1 Å². The fourth-order valence-corrected chi connectivity index (χ4v) is 1.52. The van der Waals surface area contributed by atoms with E-state index in [2.05, 4.69) is 10.6 Å². The molecule has 0 bridgehead atoms. The fourth-order valence-electron chi connectivity index (χ4n) is 1.52. The molecule has 3 N–H and O–H groups in total. The molecule has 0 saturated heterocycles. The van der Waals surface area contributed by atoms with Crippen molar-refractivity contribution in [2.75, 3.05) is 6.54 Å². The second kappa shape index (κ2) is 7.27. The second-order valence-electron chi connectivity index (χ2n) is 5.26. The van der Waals surface area contributed by atoms with Crippen molar-refractivity contribution in [2.45, 2.75) is 58.5 Å². The summed E-state index contributed by atoms with van der Waals surface area (Å²) in [6, 6.07) is -0.521. The predicted molar refractivity (Wildman–Crippen MR) is 66.8 cm³/mol. The molecule has 1 amide bonds. The quantitative estimate of drug-likeness (QED) is 0.587. The number of unbranched alkanes of at least 4 members (excludes halogenated alkanes) is 1. The highest BCUT2D eigenvalue weighted by Gasteiger charge is 2.22. The van der Waals surface area contributed by atoms with Crippen molar-refractivity contribution in [3.05, 3.63) is 0 Å². The Labute approximate surface area is 103 Å². The standard InChI is InChI=1S/C12H24N2O3/c1-9(15)13-8-6-5-7-10(11(16)17)14-12(2,3)4/h10,14H,5-8H2,1-4H3,(H,13,15)(H,16,17)/t10-/m1/s1. The summed E-state index contributed by atoms with van der Waals surface area (Å²) in [7, 11) is 0. The zero-order valence-electron chi connectivity index (χ0n) is 11.2. The Morgan fingerprint density at radius 3 is 2.24 bits per heavy atom. The van der Waals surface area contributed by atoms with E-state index >= 15 is 0 Å². The molecule has 0 unspecified atom stereocenters. The molecule has 0 aliphatic heterocycles. The van der Waals surface area contributed by atoms with Crippen LogP contribution in [0, 0.1) is 0 Å². The topological polar surface area (TPSA) is 78.4 Å². The van der Waals surface area contributed by atoms with Crippen LogP contribution in [0.2, 0.25) is 0 Å². The number of amides is 1. The summed E-state index contributed by atoms with van der Waals surface area (Å²) in [6.45, 7) is 7.92. The van der Waals surface area contributed by atoms with Gasteiger partial charge in [-0.1, -0.05) is 0 Å². The number of nitrogens with one attached hydrogen (secondary N) is 2. The van der Waals surface area contributed by atoms with Crippen molar-refractivity contribution in [3.8, 4) is 0 Å². The molecule has 100 valence electrons. The lowest BCUT2D eigenvalue weighted by Crippen LogP contribution is -2.47. The lowest BCUT2D eigenvalue weighted by atomic mass is 10.0. The Bertz CT molecular complexity index is 259. The molecule has 0 saturated carbocycles. The Hall–Kier alpha value is -1.10. The summed E-state index contributed by atoms with van der Waals surface area (Å²) in [4.78, 5) is 21.6. The number of carboxylic acid groups (broad SMARTS) is 1. The summed E-state index contributed by atoms with van der Waals surface area (Å²) in [5, 5.41) is 14.8. The minimum Gasteiger partial charge on any atom is -0.480 e. The maximum atomic E-state index is 11.0. The molecule has 0 heterocycles.